The number of amides is 3. The molecule has 39 heavy (non-hydrogen) atoms. The summed E-state index contributed by atoms with van der Waals surface area (Å²) in [4.78, 5) is 26.1. The first-order valence-electron chi connectivity index (χ1n) is 13.0. The molecule has 0 unspecified atom stereocenters. The first-order chi connectivity index (χ1) is 18.6. The predicted molar refractivity (Wildman–Crippen MR) is 173 cm³/mol. The summed E-state index contributed by atoms with van der Waals surface area (Å²) in [5, 5.41) is 2.70. The lowest BCUT2D eigenvalue weighted by Crippen LogP contribution is -2.46. The van der Waals surface area contributed by atoms with Crippen LogP contribution in [0.4, 0.5) is 4.79 Å². The van der Waals surface area contributed by atoms with Gasteiger partial charge >= 0.3 is 6.03 Å². The Bertz CT molecular complexity index is 1240. The van der Waals surface area contributed by atoms with E-state index in [0.29, 0.717) is 28.3 Å². The molecule has 0 bridgehead atoms. The number of hydrogen-bond acceptors (Lipinski definition) is 6. The van der Waals surface area contributed by atoms with Crippen molar-refractivity contribution in [1.82, 2.24) is 10.3 Å². The van der Waals surface area contributed by atoms with Gasteiger partial charge in [-0.3, -0.25) is 10.1 Å². The van der Waals surface area contributed by atoms with Gasteiger partial charge in [-0.25, -0.2) is 9.78 Å². The molecule has 0 radical (unpaired) electrons. The van der Waals surface area contributed by atoms with Gasteiger partial charge in [0.15, 0.2) is 5.58 Å². The normalized spacial score (nSPS) is 11.6. The maximum atomic E-state index is 11.3. The van der Waals surface area contributed by atoms with E-state index in [1.54, 1.807) is 0 Å². The molecule has 3 aromatic rings. The Kier molecular flexibility index (Phi) is 14.5. The summed E-state index contributed by atoms with van der Waals surface area (Å²) in [7, 11) is 0. The third-order valence-electron chi connectivity index (χ3n) is 5.68. The Morgan fingerprint density at radius 3 is 2.33 bits per heavy atom. The first-order valence-corrected chi connectivity index (χ1v) is 16.3. The van der Waals surface area contributed by atoms with Crippen LogP contribution in [0.15, 0.2) is 46.9 Å². The molecular weight excluding hydrogens is 618 g/mol. The van der Waals surface area contributed by atoms with Crippen LogP contribution in [-0.2, 0) is 4.79 Å². The van der Waals surface area contributed by atoms with Crippen LogP contribution in [0.2, 0.25) is 5.02 Å². The lowest BCUT2D eigenvalue weighted by atomic mass is 10.0. The van der Waals surface area contributed by atoms with Gasteiger partial charge in [0, 0.05) is 11.1 Å². The number of nitrogens with zero attached hydrogens (tertiary/aromatic N) is 1. The van der Waals surface area contributed by atoms with Crippen molar-refractivity contribution in [2.75, 3.05) is 11.5 Å². The number of nitrogens with two attached hydrogens (primary N) is 1. The fourth-order valence-corrected chi connectivity index (χ4v) is 6.26. The fourth-order valence-electron chi connectivity index (χ4n) is 3.45. The number of fused-ring (bicyclic) bond motifs is 1. The van der Waals surface area contributed by atoms with Gasteiger partial charge in [0.1, 0.15) is 9.84 Å². The lowest BCUT2D eigenvalue weighted by molar-refractivity contribution is -0.122. The smallest absolute Gasteiger partial charge is 0.318 e. The van der Waals surface area contributed by atoms with E-state index in [-0.39, 0.29) is 5.91 Å². The van der Waals surface area contributed by atoms with Crippen LogP contribution in [0, 0.1) is 0 Å². The van der Waals surface area contributed by atoms with Crippen LogP contribution < -0.4 is 11.1 Å². The maximum absolute atomic E-state index is 11.3. The SMILES string of the molecule is CCC(Br)(CC)C(=O)NC(N)=O.CCCSC(SCCC)c1cccc(/C=C/c2nc3cc(Cl)ccc3o2)c1. The van der Waals surface area contributed by atoms with Gasteiger partial charge in [-0.1, -0.05) is 73.4 Å². The number of carbonyl (C=O) groups is 2. The summed E-state index contributed by atoms with van der Waals surface area (Å²) < 4.78 is 5.59. The number of rotatable bonds is 12. The molecule has 1 aromatic heterocycles. The quantitative estimate of drug-likeness (QED) is 0.149. The van der Waals surface area contributed by atoms with Crippen LogP contribution in [0.5, 0.6) is 0 Å². The Hall–Kier alpha value is -1.94. The zero-order valence-corrected chi connectivity index (χ0v) is 26.8. The van der Waals surface area contributed by atoms with Crippen LogP contribution in [-0.4, -0.2) is 32.8 Å². The van der Waals surface area contributed by atoms with E-state index in [2.05, 4.69) is 65.1 Å². The third-order valence-corrected chi connectivity index (χ3v) is 10.6. The summed E-state index contributed by atoms with van der Waals surface area (Å²) >= 11 is 13.3. The molecular formula is C29H37BrClN3O3S2. The van der Waals surface area contributed by atoms with Gasteiger partial charge in [-0.2, -0.15) is 0 Å². The van der Waals surface area contributed by atoms with Crippen LogP contribution in [0.1, 0.15) is 75.0 Å². The van der Waals surface area contributed by atoms with E-state index >= 15 is 0 Å². The Morgan fingerprint density at radius 2 is 1.74 bits per heavy atom. The number of carbonyl (C=O) groups excluding carboxylic acids is 2. The standard InChI is InChI=1S/C22H24ClNOS2.C7H13BrN2O2/c1-3-12-26-22(27-13-4-2)17-7-5-6-16(14-17)8-11-21-24-19-15-18(23)9-10-20(19)25-21;1-3-7(8,4-2)5(11)10-6(9)12/h5-11,14-15,22H,3-4,12-13H2,1-2H3;3-4H2,1-2H3,(H3,9,10,11,12)/b11-8+;. The number of alkyl halides is 1. The van der Waals surface area contributed by atoms with Gasteiger partial charge in [-0.05, 0) is 78.7 Å². The van der Waals surface area contributed by atoms with Gasteiger partial charge < -0.3 is 10.2 Å². The molecule has 2 aromatic carbocycles. The van der Waals surface area contributed by atoms with Crippen molar-refractivity contribution in [1.29, 1.82) is 0 Å². The molecule has 0 atom stereocenters. The van der Waals surface area contributed by atoms with E-state index < -0.39 is 10.4 Å². The number of oxazole rings is 1. The van der Waals surface area contributed by atoms with E-state index in [0.717, 1.165) is 16.7 Å². The largest absolute Gasteiger partial charge is 0.437 e. The highest BCUT2D eigenvalue weighted by atomic mass is 79.9. The van der Waals surface area contributed by atoms with Crippen molar-refractivity contribution < 1.29 is 14.0 Å². The zero-order chi connectivity index (χ0) is 28.8. The summed E-state index contributed by atoms with van der Waals surface area (Å²) in [5.74, 6) is 2.59. The minimum absolute atomic E-state index is 0.375. The molecule has 6 nitrogen and oxygen atoms in total. The zero-order valence-electron chi connectivity index (χ0n) is 22.8. The number of nitrogens with one attached hydrogen (secondary N) is 1. The molecule has 3 amide bonds. The molecule has 3 rings (SSSR count). The highest BCUT2D eigenvalue weighted by Gasteiger charge is 2.32. The molecule has 0 fully saturated rings. The minimum Gasteiger partial charge on any atom is -0.437 e. The third kappa shape index (κ3) is 10.9. The lowest BCUT2D eigenvalue weighted by Gasteiger charge is -2.21. The van der Waals surface area contributed by atoms with Crippen LogP contribution >= 0.6 is 51.1 Å². The second kappa shape index (κ2) is 17.0. The second-order valence-corrected chi connectivity index (χ2v) is 13.4. The fraction of sp³-hybridized carbons (Fsp3) is 0.414. The predicted octanol–water partition coefficient (Wildman–Crippen LogP) is 9.07. The number of thioether (sulfide) groups is 2. The van der Waals surface area contributed by atoms with Gasteiger partial charge in [0.25, 0.3) is 0 Å². The van der Waals surface area contributed by atoms with Crippen molar-refractivity contribution >= 4 is 86.2 Å². The van der Waals surface area contributed by atoms with Crippen molar-refractivity contribution in [3.05, 3.63) is 64.5 Å². The second-order valence-electron chi connectivity index (χ2n) is 8.73. The van der Waals surface area contributed by atoms with Crippen LogP contribution in [0.3, 0.4) is 0 Å². The van der Waals surface area contributed by atoms with E-state index in [1.165, 1.54) is 29.9 Å². The molecule has 0 aliphatic carbocycles. The number of benzene rings is 2. The number of hydrogen-bond donors (Lipinski definition) is 2. The van der Waals surface area contributed by atoms with E-state index in [9.17, 15) is 9.59 Å². The highest BCUT2D eigenvalue weighted by molar-refractivity contribution is 9.10. The van der Waals surface area contributed by atoms with Gasteiger partial charge in [0.2, 0.25) is 11.8 Å². The topological polar surface area (TPSA) is 98.2 Å². The van der Waals surface area contributed by atoms with Crippen molar-refractivity contribution in [2.45, 2.75) is 62.3 Å². The monoisotopic (exact) mass is 653 g/mol. The molecule has 0 saturated carbocycles. The summed E-state index contributed by atoms with van der Waals surface area (Å²) in [5.41, 5.74) is 8.87. The summed E-state index contributed by atoms with van der Waals surface area (Å²) in [6.45, 7) is 8.19. The van der Waals surface area contributed by atoms with E-state index in [4.69, 9.17) is 21.8 Å². The molecule has 212 valence electrons. The number of urea groups is 1. The average molecular weight is 655 g/mol. The number of primary amides is 1. The van der Waals surface area contributed by atoms with Crippen molar-refractivity contribution in [3.63, 3.8) is 0 Å². The molecule has 1 heterocycles. The Balaban J connectivity index is 0.000000377. The molecule has 0 aliphatic heterocycles. The highest BCUT2D eigenvalue weighted by Crippen LogP contribution is 2.40. The summed E-state index contributed by atoms with van der Waals surface area (Å²) in [6.07, 6.45) is 7.61. The van der Waals surface area contributed by atoms with Crippen molar-refractivity contribution in [2.24, 2.45) is 5.73 Å². The number of halogens is 2. The molecule has 10 heteroatoms. The van der Waals surface area contributed by atoms with E-state index in [1.807, 2.05) is 67.0 Å². The number of aromatic nitrogens is 1. The summed E-state index contributed by atoms with van der Waals surface area (Å²) in [6, 6.07) is 13.4. The Labute approximate surface area is 253 Å². The van der Waals surface area contributed by atoms with Gasteiger partial charge in [0.05, 0.1) is 4.58 Å². The molecule has 0 saturated heterocycles. The molecule has 3 N–H and O–H groups in total. The minimum atomic E-state index is -0.814. The first kappa shape index (κ1) is 33.3. The molecule has 0 spiro atoms. The molecule has 0 aliphatic rings. The Morgan fingerprint density at radius 1 is 1.08 bits per heavy atom. The number of imide groups is 1. The van der Waals surface area contributed by atoms with Crippen molar-refractivity contribution in [3.8, 4) is 0 Å². The average Bonchev–Trinajstić information content (AvgIpc) is 3.33. The van der Waals surface area contributed by atoms with Gasteiger partial charge in [-0.15, -0.1) is 23.5 Å². The maximum Gasteiger partial charge on any atom is 0.318 e. The van der Waals surface area contributed by atoms with Crippen LogP contribution in [0.25, 0.3) is 23.3 Å².